The van der Waals surface area contributed by atoms with Crippen LogP contribution >= 0.6 is 28.1 Å². The lowest BCUT2D eigenvalue weighted by molar-refractivity contribution is -0.137. The molecule has 90 valence electrons. The van der Waals surface area contributed by atoms with E-state index in [1.165, 1.54) is 6.07 Å². The van der Waals surface area contributed by atoms with Gasteiger partial charge in [0.25, 0.3) is 0 Å². The van der Waals surface area contributed by atoms with Gasteiger partial charge in [-0.15, -0.1) is 0 Å². The summed E-state index contributed by atoms with van der Waals surface area (Å²) in [4.78, 5) is 3.87. The van der Waals surface area contributed by atoms with Crippen LogP contribution in [0.2, 0.25) is 0 Å². The number of aromatic amines is 2. The number of aromatic nitrogens is 3. The van der Waals surface area contributed by atoms with Crippen molar-refractivity contribution in [3.63, 3.8) is 0 Å². The van der Waals surface area contributed by atoms with E-state index in [1.807, 2.05) is 0 Å². The Labute approximate surface area is 107 Å². The quantitative estimate of drug-likeness (QED) is 0.781. The van der Waals surface area contributed by atoms with Crippen LogP contribution in [0.15, 0.2) is 22.7 Å². The van der Waals surface area contributed by atoms with Gasteiger partial charge in [0.15, 0.2) is 5.82 Å². The van der Waals surface area contributed by atoms with Gasteiger partial charge in [0.1, 0.15) is 0 Å². The first-order valence-corrected chi connectivity index (χ1v) is 5.60. The van der Waals surface area contributed by atoms with E-state index in [2.05, 4.69) is 31.1 Å². The van der Waals surface area contributed by atoms with Crippen LogP contribution in [0.5, 0.6) is 0 Å². The molecule has 0 saturated heterocycles. The van der Waals surface area contributed by atoms with E-state index >= 15 is 0 Å². The Hall–Kier alpha value is -1.15. The Kier molecular flexibility index (Phi) is 3.09. The first-order valence-electron chi connectivity index (χ1n) is 4.40. The summed E-state index contributed by atoms with van der Waals surface area (Å²) in [5, 5.41) is 5.13. The van der Waals surface area contributed by atoms with Gasteiger partial charge in [-0.25, -0.2) is 0 Å². The molecule has 1 aromatic carbocycles. The summed E-state index contributed by atoms with van der Waals surface area (Å²) in [5.74, 6) is 0.257. The molecule has 1 heterocycles. The second-order valence-electron chi connectivity index (χ2n) is 3.21. The number of benzene rings is 1. The van der Waals surface area contributed by atoms with E-state index in [1.54, 1.807) is 0 Å². The Morgan fingerprint density at radius 2 is 1.94 bits per heavy atom. The van der Waals surface area contributed by atoms with Gasteiger partial charge in [-0.05, 0) is 30.4 Å². The fourth-order valence-electron chi connectivity index (χ4n) is 1.28. The minimum atomic E-state index is -4.39. The Bertz CT molecular complexity index is 602. The normalized spacial score (nSPS) is 11.8. The van der Waals surface area contributed by atoms with Crippen LogP contribution in [0.4, 0.5) is 13.2 Å². The average Bonchev–Trinajstić information content (AvgIpc) is 2.63. The van der Waals surface area contributed by atoms with Crippen molar-refractivity contribution in [2.24, 2.45) is 0 Å². The van der Waals surface area contributed by atoms with E-state index in [0.29, 0.717) is 10.0 Å². The lowest BCUT2D eigenvalue weighted by Crippen LogP contribution is -2.05. The molecule has 0 amide bonds. The van der Waals surface area contributed by atoms with Crippen molar-refractivity contribution in [2.75, 3.05) is 0 Å². The third kappa shape index (κ3) is 2.58. The molecule has 17 heavy (non-hydrogen) atoms. The lowest BCUT2D eigenvalue weighted by Gasteiger charge is -2.08. The molecule has 1 aromatic heterocycles. The fourth-order valence-corrected chi connectivity index (χ4v) is 1.86. The second-order valence-corrected chi connectivity index (χ2v) is 4.45. The third-order valence-electron chi connectivity index (χ3n) is 2.05. The molecule has 0 aliphatic rings. The van der Waals surface area contributed by atoms with Gasteiger partial charge in [0.05, 0.1) is 5.56 Å². The van der Waals surface area contributed by atoms with Crippen LogP contribution in [0.25, 0.3) is 11.4 Å². The highest BCUT2D eigenvalue weighted by Gasteiger charge is 2.31. The van der Waals surface area contributed by atoms with Crippen LogP contribution < -0.4 is 0 Å². The van der Waals surface area contributed by atoms with Gasteiger partial charge >= 0.3 is 6.18 Å². The maximum absolute atomic E-state index is 12.5. The van der Waals surface area contributed by atoms with Crippen LogP contribution in [0, 0.1) is 4.77 Å². The summed E-state index contributed by atoms with van der Waals surface area (Å²) in [6, 6.07) is 3.32. The van der Waals surface area contributed by atoms with E-state index in [-0.39, 0.29) is 10.6 Å². The molecule has 0 radical (unpaired) electrons. The van der Waals surface area contributed by atoms with Crippen molar-refractivity contribution in [1.82, 2.24) is 15.2 Å². The van der Waals surface area contributed by atoms with Gasteiger partial charge in [-0.2, -0.15) is 18.2 Å². The molecule has 2 rings (SSSR count). The van der Waals surface area contributed by atoms with Crippen LogP contribution in [-0.2, 0) is 6.18 Å². The van der Waals surface area contributed by atoms with E-state index in [4.69, 9.17) is 12.2 Å². The van der Waals surface area contributed by atoms with Gasteiger partial charge in [0, 0.05) is 10.0 Å². The minimum Gasteiger partial charge on any atom is -0.282 e. The molecule has 8 heteroatoms. The monoisotopic (exact) mass is 323 g/mol. The zero-order valence-corrected chi connectivity index (χ0v) is 10.5. The molecule has 0 fully saturated rings. The second kappa shape index (κ2) is 4.26. The summed E-state index contributed by atoms with van der Waals surface area (Å²) in [7, 11) is 0. The number of hydrogen-bond acceptors (Lipinski definition) is 2. The van der Waals surface area contributed by atoms with Gasteiger partial charge < -0.3 is 0 Å². The average molecular weight is 324 g/mol. The summed E-state index contributed by atoms with van der Waals surface area (Å²) in [6.07, 6.45) is -4.39. The number of halogens is 4. The Morgan fingerprint density at radius 1 is 1.24 bits per heavy atom. The molecule has 0 spiro atoms. The van der Waals surface area contributed by atoms with E-state index < -0.39 is 11.7 Å². The molecule has 0 aliphatic carbocycles. The zero-order chi connectivity index (χ0) is 12.6. The van der Waals surface area contributed by atoms with Crippen LogP contribution in [0.3, 0.4) is 0 Å². The number of hydrogen-bond donors (Lipinski definition) is 2. The van der Waals surface area contributed by atoms with Crippen molar-refractivity contribution in [2.45, 2.75) is 6.18 Å². The molecule has 0 aliphatic heterocycles. The van der Waals surface area contributed by atoms with Crippen molar-refractivity contribution < 1.29 is 13.2 Å². The smallest absolute Gasteiger partial charge is 0.282 e. The standard InChI is InChI=1S/C9H5BrF3N3S/c10-6-2-1-4(9(11,12)13)3-5(6)7-14-8(17)16-15-7/h1-3H,(H2,14,15,16,17). The topological polar surface area (TPSA) is 44.5 Å². The van der Waals surface area contributed by atoms with Gasteiger partial charge in [0.2, 0.25) is 4.77 Å². The number of nitrogens with zero attached hydrogens (tertiary/aromatic N) is 1. The van der Waals surface area contributed by atoms with Crippen molar-refractivity contribution in [3.8, 4) is 11.4 Å². The van der Waals surface area contributed by atoms with Crippen LogP contribution in [-0.4, -0.2) is 15.2 Å². The maximum Gasteiger partial charge on any atom is 0.416 e. The molecular formula is C9H5BrF3N3S. The molecule has 2 aromatic rings. The lowest BCUT2D eigenvalue weighted by atomic mass is 10.1. The molecule has 3 nitrogen and oxygen atoms in total. The predicted molar refractivity (Wildman–Crippen MR) is 61.9 cm³/mol. The van der Waals surface area contributed by atoms with Gasteiger partial charge in [-0.1, -0.05) is 15.9 Å². The highest BCUT2D eigenvalue weighted by atomic mass is 79.9. The highest BCUT2D eigenvalue weighted by Crippen LogP contribution is 2.34. The zero-order valence-electron chi connectivity index (χ0n) is 8.10. The largest absolute Gasteiger partial charge is 0.416 e. The maximum atomic E-state index is 12.5. The number of H-pyrrole nitrogens is 2. The molecule has 0 bridgehead atoms. The molecule has 2 N–H and O–H groups in total. The summed E-state index contributed by atoms with van der Waals surface area (Å²) < 4.78 is 38.3. The first kappa shape index (κ1) is 12.3. The third-order valence-corrected chi connectivity index (χ3v) is 2.93. The first-order chi connectivity index (χ1) is 7.88. The van der Waals surface area contributed by atoms with Crippen molar-refractivity contribution in [1.29, 1.82) is 0 Å². The molecular weight excluding hydrogens is 319 g/mol. The fraction of sp³-hybridized carbons (Fsp3) is 0.111. The SMILES string of the molecule is FC(F)(F)c1ccc(Br)c(-c2nc(=S)[nH][nH]2)c1. The number of rotatable bonds is 1. The summed E-state index contributed by atoms with van der Waals surface area (Å²) in [6.45, 7) is 0. The Morgan fingerprint density at radius 3 is 2.47 bits per heavy atom. The van der Waals surface area contributed by atoms with Crippen molar-refractivity contribution >= 4 is 28.1 Å². The number of alkyl halides is 3. The van der Waals surface area contributed by atoms with Crippen LogP contribution in [0.1, 0.15) is 5.56 Å². The van der Waals surface area contributed by atoms with Crippen molar-refractivity contribution in [3.05, 3.63) is 33.0 Å². The molecule has 0 saturated carbocycles. The predicted octanol–water partition coefficient (Wildman–Crippen LogP) is 3.92. The van der Waals surface area contributed by atoms with Gasteiger partial charge in [-0.3, -0.25) is 10.2 Å². The molecule has 0 unspecified atom stereocenters. The Balaban J connectivity index is 2.58. The summed E-state index contributed by atoms with van der Waals surface area (Å²) in [5.41, 5.74) is -0.440. The summed E-state index contributed by atoms with van der Waals surface area (Å²) >= 11 is 7.91. The van der Waals surface area contributed by atoms with E-state index in [9.17, 15) is 13.2 Å². The molecule has 0 atom stereocenters. The van der Waals surface area contributed by atoms with E-state index in [0.717, 1.165) is 12.1 Å². The minimum absolute atomic E-state index is 0.185. The highest BCUT2D eigenvalue weighted by molar-refractivity contribution is 9.10. The number of nitrogens with one attached hydrogen (secondary N) is 2.